The minimum absolute atomic E-state index is 0.286. The lowest BCUT2D eigenvalue weighted by Crippen LogP contribution is -2.25. The first kappa shape index (κ1) is 11.7. The average molecular weight is 240 g/mol. The Labute approximate surface area is 102 Å². The third-order valence-electron chi connectivity index (χ3n) is 3.20. The first-order valence-corrected chi connectivity index (χ1v) is 6.24. The summed E-state index contributed by atoms with van der Waals surface area (Å²) in [4.78, 5) is 0. The summed E-state index contributed by atoms with van der Waals surface area (Å²) < 4.78 is 5.95. The molecule has 1 unspecified atom stereocenters. The van der Waals surface area contributed by atoms with Crippen LogP contribution in [0.5, 0.6) is 5.75 Å². The summed E-state index contributed by atoms with van der Waals surface area (Å²) in [6.45, 7) is 2.71. The van der Waals surface area contributed by atoms with Crippen LogP contribution in [0, 0.1) is 0 Å². The fraction of sp³-hybridized carbons (Fsp3) is 0.538. The Morgan fingerprint density at radius 1 is 1.50 bits per heavy atom. The smallest absolute Gasteiger partial charge is 0.123 e. The largest absolute Gasteiger partial charge is 0.490 e. The zero-order valence-corrected chi connectivity index (χ0v) is 10.3. The van der Waals surface area contributed by atoms with Crippen molar-refractivity contribution in [1.82, 2.24) is 0 Å². The van der Waals surface area contributed by atoms with Crippen LogP contribution >= 0.6 is 11.6 Å². The molecule has 0 spiro atoms. The van der Waals surface area contributed by atoms with Gasteiger partial charge in [-0.3, -0.25) is 0 Å². The van der Waals surface area contributed by atoms with Gasteiger partial charge in [0.15, 0.2) is 0 Å². The monoisotopic (exact) mass is 239 g/mol. The van der Waals surface area contributed by atoms with Gasteiger partial charge in [0.25, 0.3) is 0 Å². The molecular weight excluding hydrogens is 222 g/mol. The number of halogens is 1. The number of ether oxygens (including phenoxy) is 1. The van der Waals surface area contributed by atoms with Crippen LogP contribution < -0.4 is 10.5 Å². The maximum Gasteiger partial charge on any atom is 0.123 e. The van der Waals surface area contributed by atoms with Gasteiger partial charge in [0, 0.05) is 5.02 Å². The molecule has 1 aromatic carbocycles. The van der Waals surface area contributed by atoms with Gasteiger partial charge in [0.2, 0.25) is 0 Å². The molecule has 0 amide bonds. The molecule has 1 aliphatic rings. The van der Waals surface area contributed by atoms with Crippen molar-refractivity contribution in [2.75, 3.05) is 6.54 Å². The van der Waals surface area contributed by atoms with Gasteiger partial charge in [-0.1, -0.05) is 18.5 Å². The van der Waals surface area contributed by atoms with E-state index in [0.717, 1.165) is 16.3 Å². The van der Waals surface area contributed by atoms with E-state index in [1.54, 1.807) is 0 Å². The Hall–Kier alpha value is -0.730. The number of benzene rings is 1. The maximum atomic E-state index is 6.01. The Balaban J connectivity index is 2.20. The Morgan fingerprint density at radius 3 is 2.81 bits per heavy atom. The molecule has 1 saturated carbocycles. The van der Waals surface area contributed by atoms with Gasteiger partial charge in [-0.05, 0) is 55.5 Å². The molecule has 0 saturated heterocycles. The van der Waals surface area contributed by atoms with Gasteiger partial charge >= 0.3 is 0 Å². The highest BCUT2D eigenvalue weighted by Gasteiger charge is 2.21. The van der Waals surface area contributed by atoms with Gasteiger partial charge in [0.05, 0.1) is 6.10 Å². The summed E-state index contributed by atoms with van der Waals surface area (Å²) in [6.07, 6.45) is 4.00. The number of rotatable bonds is 4. The van der Waals surface area contributed by atoms with Gasteiger partial charge < -0.3 is 10.5 Å². The molecule has 88 valence electrons. The maximum absolute atomic E-state index is 6.01. The van der Waals surface area contributed by atoms with Crippen molar-refractivity contribution in [1.29, 1.82) is 0 Å². The Kier molecular flexibility index (Phi) is 3.72. The van der Waals surface area contributed by atoms with Crippen molar-refractivity contribution >= 4 is 11.6 Å². The fourth-order valence-electron chi connectivity index (χ4n) is 1.81. The molecule has 2 nitrogen and oxygen atoms in total. The van der Waals surface area contributed by atoms with Crippen molar-refractivity contribution < 1.29 is 4.74 Å². The van der Waals surface area contributed by atoms with Crippen LogP contribution in [0.4, 0.5) is 0 Å². The molecule has 16 heavy (non-hydrogen) atoms. The second kappa shape index (κ2) is 5.07. The molecule has 1 aliphatic carbocycles. The van der Waals surface area contributed by atoms with Crippen LogP contribution in [0.25, 0.3) is 0 Å². The van der Waals surface area contributed by atoms with E-state index in [-0.39, 0.29) is 5.92 Å². The molecule has 0 aromatic heterocycles. The normalized spacial score (nSPS) is 17.9. The summed E-state index contributed by atoms with van der Waals surface area (Å²) in [7, 11) is 0. The summed E-state index contributed by atoms with van der Waals surface area (Å²) in [5.41, 5.74) is 6.83. The SMILES string of the molecule is CC(CN)c1cc(Cl)ccc1OC1CCC1. The second-order valence-corrected chi connectivity index (χ2v) is 4.93. The number of hydrogen-bond donors (Lipinski definition) is 1. The molecule has 3 heteroatoms. The van der Waals surface area contributed by atoms with E-state index in [4.69, 9.17) is 22.1 Å². The van der Waals surface area contributed by atoms with Crippen LogP contribution in [-0.2, 0) is 0 Å². The van der Waals surface area contributed by atoms with E-state index in [9.17, 15) is 0 Å². The molecule has 1 fully saturated rings. The molecule has 0 bridgehead atoms. The van der Waals surface area contributed by atoms with Crippen LogP contribution in [0.2, 0.25) is 5.02 Å². The third kappa shape index (κ3) is 2.50. The number of nitrogens with two attached hydrogens (primary N) is 1. The summed E-state index contributed by atoms with van der Waals surface area (Å²) in [5, 5.41) is 0.747. The van der Waals surface area contributed by atoms with Crippen molar-refractivity contribution in [3.63, 3.8) is 0 Å². The first-order valence-electron chi connectivity index (χ1n) is 5.87. The van der Waals surface area contributed by atoms with E-state index in [2.05, 4.69) is 6.92 Å². The van der Waals surface area contributed by atoms with E-state index >= 15 is 0 Å². The van der Waals surface area contributed by atoms with Gasteiger partial charge in [-0.15, -0.1) is 0 Å². The minimum Gasteiger partial charge on any atom is -0.490 e. The van der Waals surface area contributed by atoms with Crippen LogP contribution in [0.1, 0.15) is 37.7 Å². The summed E-state index contributed by atoms with van der Waals surface area (Å²) in [6, 6.07) is 5.80. The molecule has 2 rings (SSSR count). The molecule has 0 heterocycles. The standard InChI is InChI=1S/C13H18ClNO/c1-9(8-15)12-7-10(14)5-6-13(12)16-11-3-2-4-11/h5-7,9,11H,2-4,8,15H2,1H3. The highest BCUT2D eigenvalue weighted by atomic mass is 35.5. The lowest BCUT2D eigenvalue weighted by atomic mass is 9.95. The lowest BCUT2D eigenvalue weighted by Gasteiger charge is -2.28. The van der Waals surface area contributed by atoms with Gasteiger partial charge in [-0.2, -0.15) is 0 Å². The van der Waals surface area contributed by atoms with Crippen LogP contribution in [0.3, 0.4) is 0 Å². The number of hydrogen-bond acceptors (Lipinski definition) is 2. The third-order valence-corrected chi connectivity index (χ3v) is 3.44. The van der Waals surface area contributed by atoms with Crippen molar-refractivity contribution in [3.05, 3.63) is 28.8 Å². The zero-order valence-electron chi connectivity index (χ0n) is 9.58. The topological polar surface area (TPSA) is 35.2 Å². The van der Waals surface area contributed by atoms with Crippen molar-refractivity contribution in [2.45, 2.75) is 38.2 Å². The predicted octanol–water partition coefficient (Wildman–Crippen LogP) is 3.33. The fourth-order valence-corrected chi connectivity index (χ4v) is 1.99. The minimum atomic E-state index is 0.286. The molecule has 0 aliphatic heterocycles. The molecular formula is C13H18ClNO. The van der Waals surface area contributed by atoms with E-state index in [1.165, 1.54) is 19.3 Å². The highest BCUT2D eigenvalue weighted by Crippen LogP contribution is 2.33. The van der Waals surface area contributed by atoms with Gasteiger partial charge in [0.1, 0.15) is 5.75 Å². The highest BCUT2D eigenvalue weighted by molar-refractivity contribution is 6.30. The summed E-state index contributed by atoms with van der Waals surface area (Å²) >= 11 is 6.01. The zero-order chi connectivity index (χ0) is 11.5. The van der Waals surface area contributed by atoms with Crippen molar-refractivity contribution in [2.24, 2.45) is 5.73 Å². The van der Waals surface area contributed by atoms with Crippen LogP contribution in [0.15, 0.2) is 18.2 Å². The Morgan fingerprint density at radius 2 is 2.25 bits per heavy atom. The quantitative estimate of drug-likeness (QED) is 0.875. The Bertz CT molecular complexity index is 363. The molecule has 2 N–H and O–H groups in total. The average Bonchev–Trinajstić information content (AvgIpc) is 2.23. The van der Waals surface area contributed by atoms with E-state index in [0.29, 0.717) is 12.6 Å². The lowest BCUT2D eigenvalue weighted by molar-refractivity contribution is 0.118. The molecule has 1 aromatic rings. The first-order chi connectivity index (χ1) is 7.70. The molecule has 0 radical (unpaired) electrons. The van der Waals surface area contributed by atoms with Crippen LogP contribution in [-0.4, -0.2) is 12.6 Å². The van der Waals surface area contributed by atoms with Crippen molar-refractivity contribution in [3.8, 4) is 5.75 Å². The van der Waals surface area contributed by atoms with E-state index < -0.39 is 0 Å². The van der Waals surface area contributed by atoms with Gasteiger partial charge in [-0.25, -0.2) is 0 Å². The van der Waals surface area contributed by atoms with E-state index in [1.807, 2.05) is 18.2 Å². The summed E-state index contributed by atoms with van der Waals surface area (Å²) in [5.74, 6) is 1.24. The molecule has 1 atom stereocenters. The second-order valence-electron chi connectivity index (χ2n) is 4.49. The predicted molar refractivity (Wildman–Crippen MR) is 67.2 cm³/mol.